The van der Waals surface area contributed by atoms with Crippen LogP contribution in [0, 0.1) is 0 Å². The number of benzene rings is 1. The van der Waals surface area contributed by atoms with E-state index in [0.717, 1.165) is 24.5 Å². The maximum Gasteiger partial charge on any atom is 0.0409 e. The fourth-order valence-electron chi connectivity index (χ4n) is 1.55. The highest BCUT2D eigenvalue weighted by molar-refractivity contribution is 7.09. The van der Waals surface area contributed by atoms with E-state index in [4.69, 9.17) is 11.6 Å². The average molecular weight is 252 g/mol. The van der Waals surface area contributed by atoms with Crippen molar-refractivity contribution in [2.45, 2.75) is 13.0 Å². The van der Waals surface area contributed by atoms with Crippen molar-refractivity contribution in [3.05, 3.63) is 57.2 Å². The second-order valence-electron chi connectivity index (χ2n) is 3.64. The zero-order valence-electron chi connectivity index (χ0n) is 8.95. The third-order valence-corrected chi connectivity index (χ3v) is 3.52. The third kappa shape index (κ3) is 3.63. The van der Waals surface area contributed by atoms with E-state index in [1.54, 1.807) is 0 Å². The van der Waals surface area contributed by atoms with E-state index in [9.17, 15) is 0 Å². The van der Waals surface area contributed by atoms with Gasteiger partial charge in [-0.05, 0) is 35.6 Å². The Bertz CT molecular complexity index is 425. The maximum atomic E-state index is 5.91. The summed E-state index contributed by atoms with van der Waals surface area (Å²) in [6.45, 7) is 1.89. The molecular formula is C13H14ClNS. The molecule has 16 heavy (non-hydrogen) atoms. The van der Waals surface area contributed by atoms with E-state index in [2.05, 4.69) is 28.9 Å². The second kappa shape index (κ2) is 6.04. The number of nitrogens with one attached hydrogen (secondary N) is 1. The van der Waals surface area contributed by atoms with Gasteiger partial charge in [-0.3, -0.25) is 0 Å². The van der Waals surface area contributed by atoms with Crippen LogP contribution in [0.5, 0.6) is 0 Å². The monoisotopic (exact) mass is 251 g/mol. The molecule has 0 radical (unpaired) electrons. The van der Waals surface area contributed by atoms with Crippen molar-refractivity contribution >= 4 is 22.9 Å². The minimum atomic E-state index is 0.803. The van der Waals surface area contributed by atoms with Crippen LogP contribution in [-0.4, -0.2) is 6.54 Å². The van der Waals surface area contributed by atoms with Crippen LogP contribution in [0.3, 0.4) is 0 Å². The summed E-state index contributed by atoms with van der Waals surface area (Å²) in [5.41, 5.74) is 1.23. The highest BCUT2D eigenvalue weighted by Gasteiger charge is 1.95. The fraction of sp³-hybridized carbons (Fsp3) is 0.231. The molecule has 0 saturated heterocycles. The van der Waals surface area contributed by atoms with Crippen molar-refractivity contribution in [3.63, 3.8) is 0 Å². The molecule has 1 N–H and O–H groups in total. The van der Waals surface area contributed by atoms with Crippen LogP contribution in [0.4, 0.5) is 0 Å². The largest absolute Gasteiger partial charge is 0.312 e. The van der Waals surface area contributed by atoms with Gasteiger partial charge >= 0.3 is 0 Å². The normalized spacial score (nSPS) is 10.6. The van der Waals surface area contributed by atoms with E-state index in [0.29, 0.717) is 0 Å². The number of hydrogen-bond donors (Lipinski definition) is 1. The van der Waals surface area contributed by atoms with Crippen molar-refractivity contribution in [2.75, 3.05) is 6.54 Å². The second-order valence-corrected chi connectivity index (χ2v) is 5.10. The number of hydrogen-bond acceptors (Lipinski definition) is 2. The molecule has 3 heteroatoms. The number of rotatable bonds is 5. The fourth-order valence-corrected chi connectivity index (χ4v) is 2.47. The van der Waals surface area contributed by atoms with Crippen molar-refractivity contribution in [1.82, 2.24) is 5.32 Å². The van der Waals surface area contributed by atoms with Gasteiger partial charge in [0.25, 0.3) is 0 Å². The first-order valence-electron chi connectivity index (χ1n) is 5.32. The molecule has 0 unspecified atom stereocenters. The standard InChI is InChI=1S/C13H14ClNS/c14-12-4-1-3-11(9-12)10-15-7-6-13-5-2-8-16-13/h1-5,8-9,15H,6-7,10H2. The van der Waals surface area contributed by atoms with Gasteiger partial charge in [0, 0.05) is 23.0 Å². The van der Waals surface area contributed by atoms with Crippen LogP contribution in [0.25, 0.3) is 0 Å². The summed E-state index contributed by atoms with van der Waals surface area (Å²) >= 11 is 7.72. The Morgan fingerprint density at radius 3 is 2.88 bits per heavy atom. The summed E-state index contributed by atoms with van der Waals surface area (Å²) < 4.78 is 0. The Labute approximate surface area is 105 Å². The molecule has 84 valence electrons. The van der Waals surface area contributed by atoms with Gasteiger partial charge in [0.15, 0.2) is 0 Å². The molecule has 0 amide bonds. The molecule has 1 aromatic heterocycles. The minimum absolute atomic E-state index is 0.803. The van der Waals surface area contributed by atoms with Gasteiger partial charge in [-0.2, -0.15) is 0 Å². The molecule has 1 aromatic carbocycles. The average Bonchev–Trinajstić information content (AvgIpc) is 2.77. The van der Waals surface area contributed by atoms with Gasteiger partial charge in [-0.15, -0.1) is 11.3 Å². The first-order chi connectivity index (χ1) is 7.84. The molecule has 0 aliphatic heterocycles. The molecule has 2 rings (SSSR count). The van der Waals surface area contributed by atoms with Crippen molar-refractivity contribution in [1.29, 1.82) is 0 Å². The van der Waals surface area contributed by atoms with Gasteiger partial charge in [0.1, 0.15) is 0 Å². The summed E-state index contributed by atoms with van der Waals surface area (Å²) in [7, 11) is 0. The summed E-state index contributed by atoms with van der Waals surface area (Å²) in [6.07, 6.45) is 1.10. The molecule has 0 bridgehead atoms. The summed E-state index contributed by atoms with van der Waals surface area (Å²) in [5.74, 6) is 0. The highest BCUT2D eigenvalue weighted by Crippen LogP contribution is 2.11. The first-order valence-corrected chi connectivity index (χ1v) is 6.58. The quantitative estimate of drug-likeness (QED) is 0.799. The predicted octanol–water partition coefficient (Wildman–Crippen LogP) is 3.73. The van der Waals surface area contributed by atoms with Gasteiger partial charge in [0.2, 0.25) is 0 Å². The Morgan fingerprint density at radius 1 is 1.19 bits per heavy atom. The molecule has 1 nitrogen and oxygen atoms in total. The van der Waals surface area contributed by atoms with Crippen LogP contribution in [0.2, 0.25) is 5.02 Å². The van der Waals surface area contributed by atoms with Gasteiger partial charge in [0.05, 0.1) is 0 Å². The van der Waals surface area contributed by atoms with E-state index in [-0.39, 0.29) is 0 Å². The van der Waals surface area contributed by atoms with E-state index >= 15 is 0 Å². The van der Waals surface area contributed by atoms with E-state index < -0.39 is 0 Å². The predicted molar refractivity (Wildman–Crippen MR) is 71.2 cm³/mol. The lowest BCUT2D eigenvalue weighted by molar-refractivity contribution is 0.691. The van der Waals surface area contributed by atoms with Crippen molar-refractivity contribution in [2.24, 2.45) is 0 Å². The van der Waals surface area contributed by atoms with Crippen molar-refractivity contribution in [3.8, 4) is 0 Å². The summed E-state index contributed by atoms with van der Waals surface area (Å²) in [6, 6.07) is 12.2. The topological polar surface area (TPSA) is 12.0 Å². The molecule has 1 heterocycles. The Kier molecular flexibility index (Phi) is 4.40. The lowest BCUT2D eigenvalue weighted by Gasteiger charge is -2.04. The molecule has 0 spiro atoms. The number of halogens is 1. The van der Waals surface area contributed by atoms with Gasteiger partial charge < -0.3 is 5.32 Å². The van der Waals surface area contributed by atoms with Gasteiger partial charge in [-0.25, -0.2) is 0 Å². The van der Waals surface area contributed by atoms with Crippen LogP contribution in [0.15, 0.2) is 41.8 Å². The number of thiophene rings is 1. The highest BCUT2D eigenvalue weighted by atomic mass is 35.5. The Hall–Kier alpha value is -0.830. The molecule has 0 aliphatic carbocycles. The molecular weight excluding hydrogens is 238 g/mol. The zero-order valence-corrected chi connectivity index (χ0v) is 10.5. The summed E-state index contributed by atoms with van der Waals surface area (Å²) in [4.78, 5) is 1.43. The summed E-state index contributed by atoms with van der Waals surface area (Å²) in [5, 5.41) is 6.34. The third-order valence-electron chi connectivity index (χ3n) is 2.35. The lowest BCUT2D eigenvalue weighted by atomic mass is 10.2. The molecule has 0 saturated carbocycles. The lowest BCUT2D eigenvalue weighted by Crippen LogP contribution is -2.16. The van der Waals surface area contributed by atoms with Crippen LogP contribution in [0.1, 0.15) is 10.4 Å². The minimum Gasteiger partial charge on any atom is -0.312 e. The first kappa shape index (κ1) is 11.6. The SMILES string of the molecule is Clc1cccc(CNCCc2cccs2)c1. The molecule has 0 atom stereocenters. The molecule has 2 aromatic rings. The van der Waals surface area contributed by atoms with Crippen molar-refractivity contribution < 1.29 is 0 Å². The van der Waals surface area contributed by atoms with Crippen LogP contribution < -0.4 is 5.32 Å². The van der Waals surface area contributed by atoms with Crippen LogP contribution >= 0.6 is 22.9 Å². The molecule has 0 aliphatic rings. The smallest absolute Gasteiger partial charge is 0.0409 e. The maximum absolute atomic E-state index is 5.91. The van der Waals surface area contributed by atoms with E-state index in [1.165, 1.54) is 10.4 Å². The van der Waals surface area contributed by atoms with Gasteiger partial charge in [-0.1, -0.05) is 29.8 Å². The van der Waals surface area contributed by atoms with Crippen LogP contribution in [-0.2, 0) is 13.0 Å². The Balaban J connectivity index is 1.72. The Morgan fingerprint density at radius 2 is 2.12 bits per heavy atom. The van der Waals surface area contributed by atoms with E-state index in [1.807, 2.05) is 29.5 Å². The molecule has 0 fully saturated rings. The zero-order chi connectivity index (χ0) is 11.2.